The van der Waals surface area contributed by atoms with Gasteiger partial charge >= 0.3 is 0 Å². The first-order valence-electron chi connectivity index (χ1n) is 5.06. The fourth-order valence-corrected chi connectivity index (χ4v) is 2.09. The highest BCUT2D eigenvalue weighted by Crippen LogP contribution is 2.07. The van der Waals surface area contributed by atoms with Crippen LogP contribution in [0, 0.1) is 0 Å². The first-order chi connectivity index (χ1) is 7.24. The third-order valence-electron chi connectivity index (χ3n) is 1.98. The zero-order chi connectivity index (χ0) is 11.1. The van der Waals surface area contributed by atoms with Crippen LogP contribution in [0.2, 0.25) is 0 Å². The van der Waals surface area contributed by atoms with Gasteiger partial charge in [0.1, 0.15) is 0 Å². The molecule has 2 nitrogen and oxygen atoms in total. The number of hydrogen-bond donors (Lipinski definition) is 1. The van der Waals surface area contributed by atoms with Gasteiger partial charge in [-0.05, 0) is 24.6 Å². The number of hydrogen-bond acceptors (Lipinski definition) is 2. The normalized spacial score (nSPS) is 15.3. The van der Waals surface area contributed by atoms with Gasteiger partial charge < -0.3 is 5.11 Å². The largest absolute Gasteiger partial charge is 0.389 e. The molecule has 3 heteroatoms. The Morgan fingerprint density at radius 3 is 2.67 bits per heavy atom. The molecule has 0 spiro atoms. The topological polar surface area (TPSA) is 37.3 Å². The van der Waals surface area contributed by atoms with E-state index in [1.807, 2.05) is 37.3 Å². The quantitative estimate of drug-likeness (QED) is 0.834. The Balaban J connectivity index is 2.56. The molecule has 1 rings (SSSR count). The highest BCUT2D eigenvalue weighted by molar-refractivity contribution is 7.88. The summed E-state index contributed by atoms with van der Waals surface area (Å²) in [6, 6.07) is 9.21. The molecule has 0 radical (unpaired) electrons. The summed E-state index contributed by atoms with van der Waals surface area (Å²) >= 11 is 0. The summed E-state index contributed by atoms with van der Waals surface area (Å²) in [6.07, 6.45) is 2.75. The predicted octanol–water partition coefficient (Wildman–Crippen LogP) is 2.47. The molecule has 1 aromatic carbocycles. The van der Waals surface area contributed by atoms with Crippen LogP contribution in [0.1, 0.15) is 19.8 Å². The predicted molar refractivity (Wildman–Crippen MR) is 62.9 cm³/mol. The minimum atomic E-state index is -1.15. The highest BCUT2D eigenvalue weighted by atomic mass is 32.2. The molecule has 0 aromatic heterocycles. The molecule has 0 unspecified atom stereocenters. The summed E-state index contributed by atoms with van der Waals surface area (Å²) in [5.41, 5.74) is 0. The van der Waals surface area contributed by atoms with Crippen LogP contribution in [0.15, 0.2) is 46.7 Å². The molecule has 82 valence electrons. The lowest BCUT2D eigenvalue weighted by atomic mass is 10.2. The van der Waals surface area contributed by atoms with E-state index >= 15 is 0 Å². The molecule has 0 saturated carbocycles. The van der Waals surface area contributed by atoms with Crippen molar-refractivity contribution in [3.05, 3.63) is 41.8 Å². The third kappa shape index (κ3) is 4.40. The summed E-state index contributed by atoms with van der Waals surface area (Å²) in [5, 5.41) is 11.0. The van der Waals surface area contributed by atoms with Gasteiger partial charge in [-0.25, -0.2) is 4.21 Å². The van der Waals surface area contributed by atoms with E-state index < -0.39 is 16.9 Å². The molecular formula is C12H16O2S. The van der Waals surface area contributed by atoms with Gasteiger partial charge in [0.15, 0.2) is 0 Å². The van der Waals surface area contributed by atoms with Crippen LogP contribution < -0.4 is 0 Å². The molecule has 1 aromatic rings. The maximum absolute atomic E-state index is 11.7. The SMILES string of the molecule is CCC[C@H](O)C=C[S@](=O)c1ccccc1. The molecule has 2 atom stereocenters. The standard InChI is InChI=1S/C12H16O2S/c1-2-6-11(13)9-10-15(14)12-7-4-3-5-8-12/h3-5,7-11,13H,2,6H2,1H3/t11-,15-/m0/s1. The summed E-state index contributed by atoms with van der Waals surface area (Å²) < 4.78 is 11.7. The Labute approximate surface area is 93.1 Å². The Hall–Kier alpha value is -0.930. The van der Waals surface area contributed by atoms with Crippen molar-refractivity contribution in [1.82, 2.24) is 0 Å². The lowest BCUT2D eigenvalue weighted by Crippen LogP contribution is -2.01. The fourth-order valence-electron chi connectivity index (χ4n) is 1.19. The summed E-state index contributed by atoms with van der Waals surface area (Å²) in [7, 11) is -1.15. The van der Waals surface area contributed by atoms with Gasteiger partial charge in [-0.15, -0.1) is 0 Å². The van der Waals surface area contributed by atoms with Crippen molar-refractivity contribution < 1.29 is 9.32 Å². The second kappa shape index (κ2) is 6.53. The lowest BCUT2D eigenvalue weighted by Gasteiger charge is -2.01. The molecule has 0 amide bonds. The number of benzene rings is 1. The van der Waals surface area contributed by atoms with Crippen molar-refractivity contribution in [2.75, 3.05) is 0 Å². The Morgan fingerprint density at radius 2 is 2.07 bits per heavy atom. The van der Waals surface area contributed by atoms with Crippen LogP contribution in [0.4, 0.5) is 0 Å². The Bertz CT molecular complexity index is 333. The molecule has 1 N–H and O–H groups in total. The van der Waals surface area contributed by atoms with Crippen LogP contribution in [-0.4, -0.2) is 15.4 Å². The van der Waals surface area contributed by atoms with Crippen molar-refractivity contribution in [3.63, 3.8) is 0 Å². The number of rotatable bonds is 5. The van der Waals surface area contributed by atoms with Crippen molar-refractivity contribution in [2.45, 2.75) is 30.8 Å². The zero-order valence-corrected chi connectivity index (χ0v) is 9.61. The highest BCUT2D eigenvalue weighted by Gasteiger charge is 2.00. The molecule has 0 aliphatic rings. The van der Waals surface area contributed by atoms with Crippen LogP contribution >= 0.6 is 0 Å². The lowest BCUT2D eigenvalue weighted by molar-refractivity contribution is 0.212. The monoisotopic (exact) mass is 224 g/mol. The average Bonchev–Trinajstić information content (AvgIpc) is 2.27. The van der Waals surface area contributed by atoms with Gasteiger partial charge in [0.2, 0.25) is 0 Å². The van der Waals surface area contributed by atoms with Gasteiger partial charge in [-0.3, -0.25) is 0 Å². The molecule has 0 bridgehead atoms. The molecule has 0 saturated heterocycles. The second-order valence-corrected chi connectivity index (χ2v) is 4.63. The maximum atomic E-state index is 11.7. The smallest absolute Gasteiger partial charge is 0.0773 e. The van der Waals surface area contributed by atoms with E-state index in [1.54, 1.807) is 11.5 Å². The molecule has 0 aliphatic heterocycles. The first-order valence-corrected chi connectivity index (χ1v) is 6.27. The minimum Gasteiger partial charge on any atom is -0.389 e. The van der Waals surface area contributed by atoms with Crippen molar-refractivity contribution in [3.8, 4) is 0 Å². The van der Waals surface area contributed by atoms with Crippen LogP contribution in [0.25, 0.3) is 0 Å². The fraction of sp³-hybridized carbons (Fsp3) is 0.333. The minimum absolute atomic E-state index is 0.484. The molecule has 0 fully saturated rings. The van der Waals surface area contributed by atoms with E-state index in [9.17, 15) is 9.32 Å². The Kier molecular flexibility index (Phi) is 5.29. The van der Waals surface area contributed by atoms with E-state index in [4.69, 9.17) is 0 Å². The van der Waals surface area contributed by atoms with Crippen LogP contribution in [0.3, 0.4) is 0 Å². The van der Waals surface area contributed by atoms with E-state index in [0.717, 1.165) is 11.3 Å². The third-order valence-corrected chi connectivity index (χ3v) is 3.13. The summed E-state index contributed by atoms with van der Waals surface area (Å²) in [6.45, 7) is 2.01. The second-order valence-electron chi connectivity index (χ2n) is 3.30. The van der Waals surface area contributed by atoms with E-state index in [-0.39, 0.29) is 0 Å². The number of aliphatic hydroxyl groups is 1. The van der Waals surface area contributed by atoms with Gasteiger partial charge in [-0.2, -0.15) is 0 Å². The van der Waals surface area contributed by atoms with Crippen LogP contribution in [0.5, 0.6) is 0 Å². The zero-order valence-electron chi connectivity index (χ0n) is 8.80. The summed E-state index contributed by atoms with van der Waals surface area (Å²) in [4.78, 5) is 0.762. The van der Waals surface area contributed by atoms with Crippen molar-refractivity contribution in [2.24, 2.45) is 0 Å². The van der Waals surface area contributed by atoms with Crippen LogP contribution in [-0.2, 0) is 10.8 Å². The molecule has 0 aliphatic carbocycles. The van der Waals surface area contributed by atoms with Crippen molar-refractivity contribution in [1.29, 1.82) is 0 Å². The molecule has 0 heterocycles. The summed E-state index contributed by atoms with van der Waals surface area (Å²) in [5.74, 6) is 0. The first kappa shape index (κ1) is 12.1. The Morgan fingerprint density at radius 1 is 1.40 bits per heavy atom. The van der Waals surface area contributed by atoms with Gasteiger partial charge in [0.05, 0.1) is 16.9 Å². The van der Waals surface area contributed by atoms with E-state index in [2.05, 4.69) is 0 Å². The van der Waals surface area contributed by atoms with Gasteiger partial charge in [0, 0.05) is 10.3 Å². The van der Waals surface area contributed by atoms with Crippen molar-refractivity contribution >= 4 is 10.8 Å². The van der Waals surface area contributed by atoms with Gasteiger partial charge in [-0.1, -0.05) is 31.5 Å². The van der Waals surface area contributed by atoms with E-state index in [1.165, 1.54) is 0 Å². The molecular weight excluding hydrogens is 208 g/mol. The maximum Gasteiger partial charge on any atom is 0.0773 e. The number of aliphatic hydroxyl groups excluding tert-OH is 1. The van der Waals surface area contributed by atoms with Gasteiger partial charge in [0.25, 0.3) is 0 Å². The van der Waals surface area contributed by atoms with E-state index in [0.29, 0.717) is 6.42 Å². The molecule has 15 heavy (non-hydrogen) atoms. The average molecular weight is 224 g/mol.